The van der Waals surface area contributed by atoms with Crippen LogP contribution in [0, 0.1) is 12.7 Å². The molecule has 0 bridgehead atoms. The first-order valence-electron chi connectivity index (χ1n) is 10.7. The number of hydrogen-bond donors (Lipinski definition) is 3. The second-order valence-corrected chi connectivity index (χ2v) is 8.44. The van der Waals surface area contributed by atoms with E-state index in [4.69, 9.17) is 0 Å². The topological polar surface area (TPSA) is 86.9 Å². The molecule has 1 aliphatic heterocycles. The Morgan fingerprint density at radius 2 is 1.91 bits per heavy atom. The molecular formula is C25H23FN4O2. The molecule has 3 aromatic rings. The molecule has 1 fully saturated rings. The van der Waals surface area contributed by atoms with Crippen molar-refractivity contribution in [1.29, 1.82) is 0 Å². The highest BCUT2D eigenvalue weighted by atomic mass is 19.1. The van der Waals surface area contributed by atoms with Crippen LogP contribution in [0.15, 0.2) is 60.3 Å². The molecule has 1 saturated carbocycles. The van der Waals surface area contributed by atoms with Crippen molar-refractivity contribution in [2.24, 2.45) is 0 Å². The highest BCUT2D eigenvalue weighted by Gasteiger charge is 2.29. The Labute approximate surface area is 184 Å². The molecule has 0 spiro atoms. The van der Waals surface area contributed by atoms with E-state index in [0.29, 0.717) is 17.2 Å². The minimum absolute atomic E-state index is 0.126. The van der Waals surface area contributed by atoms with Gasteiger partial charge in [-0.2, -0.15) is 5.10 Å². The van der Waals surface area contributed by atoms with E-state index < -0.39 is 5.92 Å². The van der Waals surface area contributed by atoms with Crippen LogP contribution in [0.25, 0.3) is 11.3 Å². The molecule has 0 radical (unpaired) electrons. The molecule has 6 nitrogen and oxygen atoms in total. The molecule has 1 aliphatic carbocycles. The largest absolute Gasteiger partial charge is 0.332 e. The number of rotatable bonds is 5. The molecule has 2 heterocycles. The van der Waals surface area contributed by atoms with Crippen molar-refractivity contribution >= 4 is 17.5 Å². The van der Waals surface area contributed by atoms with E-state index in [2.05, 4.69) is 26.9 Å². The van der Waals surface area contributed by atoms with Crippen molar-refractivity contribution in [2.75, 3.05) is 5.32 Å². The van der Waals surface area contributed by atoms with E-state index in [0.717, 1.165) is 28.1 Å². The number of H-pyrrole nitrogens is 1. The van der Waals surface area contributed by atoms with Crippen LogP contribution in [0.3, 0.4) is 0 Å². The average molecular weight is 430 g/mol. The molecule has 5 rings (SSSR count). The van der Waals surface area contributed by atoms with E-state index in [9.17, 15) is 14.0 Å². The Kier molecular flexibility index (Phi) is 5.09. The number of benzene rings is 2. The fraction of sp³-hybridized carbons (Fsp3) is 0.240. The van der Waals surface area contributed by atoms with Gasteiger partial charge in [-0.3, -0.25) is 14.7 Å². The Morgan fingerprint density at radius 3 is 2.66 bits per heavy atom. The number of aromatic amines is 1. The van der Waals surface area contributed by atoms with Gasteiger partial charge in [0, 0.05) is 47.0 Å². The number of nitrogens with one attached hydrogen (secondary N) is 3. The van der Waals surface area contributed by atoms with Crippen LogP contribution < -0.4 is 10.6 Å². The number of halogens is 1. The maximum absolute atomic E-state index is 13.4. The predicted molar refractivity (Wildman–Crippen MR) is 119 cm³/mol. The highest BCUT2D eigenvalue weighted by Crippen LogP contribution is 2.40. The standard InChI is InChI=1S/C25H23FN4O2/c1-14-2-3-17(23-12-22(29-30-23)16-4-5-16)10-21(14)28-25(32)20-13-27-24(31)11-19(20)15-6-8-18(26)9-7-15/h2-3,6-10,12-13,16,19H,4-5,11H2,1H3,(H,27,31)(H,28,32)(H,29,30)/t19-/m0/s1. The van der Waals surface area contributed by atoms with Gasteiger partial charge in [-0.1, -0.05) is 24.3 Å². The maximum atomic E-state index is 13.4. The normalized spacial score (nSPS) is 18.1. The summed E-state index contributed by atoms with van der Waals surface area (Å²) in [7, 11) is 0. The van der Waals surface area contributed by atoms with Gasteiger partial charge in [0.2, 0.25) is 5.91 Å². The van der Waals surface area contributed by atoms with Gasteiger partial charge in [0.25, 0.3) is 5.91 Å². The van der Waals surface area contributed by atoms with Crippen LogP contribution in [0.5, 0.6) is 0 Å². The SMILES string of the molecule is Cc1ccc(-c2cc(C3CC3)[nH]n2)cc1NC(=O)C1=CNC(=O)C[C@H]1c1ccc(F)cc1. The van der Waals surface area contributed by atoms with Crippen molar-refractivity contribution in [2.45, 2.75) is 38.0 Å². The van der Waals surface area contributed by atoms with Gasteiger partial charge in [-0.05, 0) is 55.2 Å². The molecule has 162 valence electrons. The molecule has 2 aromatic carbocycles. The molecule has 0 saturated heterocycles. The first-order valence-corrected chi connectivity index (χ1v) is 10.7. The second-order valence-electron chi connectivity index (χ2n) is 8.44. The van der Waals surface area contributed by atoms with Gasteiger partial charge >= 0.3 is 0 Å². The number of aryl methyl sites for hydroxylation is 1. The van der Waals surface area contributed by atoms with Crippen LogP contribution >= 0.6 is 0 Å². The lowest BCUT2D eigenvalue weighted by Gasteiger charge is -2.24. The first kappa shape index (κ1) is 20.2. The molecule has 0 unspecified atom stereocenters. The van der Waals surface area contributed by atoms with Gasteiger partial charge < -0.3 is 10.6 Å². The molecule has 2 amide bonds. The summed E-state index contributed by atoms with van der Waals surface area (Å²) in [4.78, 5) is 25.2. The van der Waals surface area contributed by atoms with Crippen LogP contribution in [-0.2, 0) is 9.59 Å². The quantitative estimate of drug-likeness (QED) is 0.556. The van der Waals surface area contributed by atoms with E-state index in [1.54, 1.807) is 12.1 Å². The van der Waals surface area contributed by atoms with Gasteiger partial charge in [-0.25, -0.2) is 4.39 Å². The smallest absolute Gasteiger partial charge is 0.253 e. The summed E-state index contributed by atoms with van der Waals surface area (Å²) in [6.45, 7) is 1.92. The number of aromatic nitrogens is 2. The third kappa shape index (κ3) is 4.06. The van der Waals surface area contributed by atoms with Crippen LogP contribution in [0.4, 0.5) is 10.1 Å². The molecule has 2 aliphatic rings. The van der Waals surface area contributed by atoms with Crippen LogP contribution in [-0.4, -0.2) is 22.0 Å². The fourth-order valence-corrected chi connectivity index (χ4v) is 4.03. The lowest BCUT2D eigenvalue weighted by atomic mass is 9.86. The van der Waals surface area contributed by atoms with Gasteiger partial charge in [0.1, 0.15) is 5.82 Å². The number of nitrogens with zero attached hydrogens (tertiary/aromatic N) is 1. The van der Waals surface area contributed by atoms with Gasteiger partial charge in [-0.15, -0.1) is 0 Å². The molecule has 3 N–H and O–H groups in total. The Bertz CT molecular complexity index is 1220. The summed E-state index contributed by atoms with van der Waals surface area (Å²) in [5, 5.41) is 13.2. The number of carbonyl (C=O) groups excluding carboxylic acids is 2. The number of anilines is 1. The van der Waals surface area contributed by atoms with Crippen molar-refractivity contribution in [1.82, 2.24) is 15.5 Å². The third-order valence-corrected chi connectivity index (χ3v) is 6.08. The lowest BCUT2D eigenvalue weighted by Crippen LogP contribution is -2.32. The lowest BCUT2D eigenvalue weighted by molar-refractivity contribution is -0.121. The number of hydrogen-bond acceptors (Lipinski definition) is 3. The molecule has 1 aromatic heterocycles. The molecular weight excluding hydrogens is 407 g/mol. The zero-order valence-electron chi connectivity index (χ0n) is 17.6. The third-order valence-electron chi connectivity index (χ3n) is 6.08. The Balaban J connectivity index is 1.40. The minimum Gasteiger partial charge on any atom is -0.332 e. The minimum atomic E-state index is -0.444. The fourth-order valence-electron chi connectivity index (χ4n) is 4.03. The van der Waals surface area contributed by atoms with Gasteiger partial charge in [0.15, 0.2) is 0 Å². The van der Waals surface area contributed by atoms with Crippen LogP contribution in [0.2, 0.25) is 0 Å². The van der Waals surface area contributed by atoms with Crippen molar-refractivity contribution in [3.63, 3.8) is 0 Å². The van der Waals surface area contributed by atoms with Crippen molar-refractivity contribution in [3.8, 4) is 11.3 Å². The Morgan fingerprint density at radius 1 is 1.12 bits per heavy atom. The summed E-state index contributed by atoms with van der Waals surface area (Å²) in [6.07, 6.45) is 3.96. The first-order chi connectivity index (χ1) is 15.5. The van der Waals surface area contributed by atoms with E-state index >= 15 is 0 Å². The van der Waals surface area contributed by atoms with Crippen molar-refractivity contribution < 1.29 is 14.0 Å². The molecule has 1 atom stereocenters. The summed E-state index contributed by atoms with van der Waals surface area (Å²) in [5.74, 6) is -0.711. The van der Waals surface area contributed by atoms with Crippen LogP contribution in [0.1, 0.15) is 47.9 Å². The monoisotopic (exact) mass is 430 g/mol. The number of amides is 2. The zero-order chi connectivity index (χ0) is 22.2. The van der Waals surface area contributed by atoms with E-state index in [1.165, 1.54) is 31.2 Å². The Hall–Kier alpha value is -3.74. The maximum Gasteiger partial charge on any atom is 0.253 e. The van der Waals surface area contributed by atoms with E-state index in [1.807, 2.05) is 25.1 Å². The van der Waals surface area contributed by atoms with Gasteiger partial charge in [0.05, 0.1) is 5.69 Å². The highest BCUT2D eigenvalue weighted by molar-refractivity contribution is 6.07. The summed E-state index contributed by atoms with van der Waals surface area (Å²) < 4.78 is 13.4. The summed E-state index contributed by atoms with van der Waals surface area (Å²) >= 11 is 0. The zero-order valence-corrected chi connectivity index (χ0v) is 17.6. The molecule has 7 heteroatoms. The van der Waals surface area contributed by atoms with E-state index in [-0.39, 0.29) is 24.1 Å². The second kappa shape index (κ2) is 8.07. The number of carbonyl (C=O) groups is 2. The summed E-state index contributed by atoms with van der Waals surface area (Å²) in [5.41, 5.74) is 5.65. The predicted octanol–water partition coefficient (Wildman–Crippen LogP) is 4.53. The van der Waals surface area contributed by atoms with Crippen molar-refractivity contribution in [3.05, 3.63) is 82.9 Å². The average Bonchev–Trinajstić information content (AvgIpc) is 3.52. The summed E-state index contributed by atoms with van der Waals surface area (Å²) in [6, 6.07) is 13.8. The molecule has 32 heavy (non-hydrogen) atoms.